The van der Waals surface area contributed by atoms with Gasteiger partial charge in [-0.1, -0.05) is 30.3 Å². The van der Waals surface area contributed by atoms with Gasteiger partial charge in [0.25, 0.3) is 0 Å². The van der Waals surface area contributed by atoms with E-state index in [0.717, 1.165) is 17.0 Å². The summed E-state index contributed by atoms with van der Waals surface area (Å²) in [7, 11) is 5.44. The zero-order valence-corrected chi connectivity index (χ0v) is 7.72. The summed E-state index contributed by atoms with van der Waals surface area (Å²) in [5.41, 5.74) is 2.76. The van der Waals surface area contributed by atoms with Crippen LogP contribution in [0.4, 0.5) is 0 Å². The van der Waals surface area contributed by atoms with Gasteiger partial charge in [0.2, 0.25) is 0 Å². The lowest BCUT2D eigenvalue weighted by Gasteiger charge is -2.00. The second-order valence-electron chi connectivity index (χ2n) is 2.96. The minimum atomic E-state index is 0.433. The molecule has 2 nitrogen and oxygen atoms in total. The minimum Gasteiger partial charge on any atom is -0.258 e. The second kappa shape index (κ2) is 4.05. The number of hydrogen-bond acceptors (Lipinski definition) is 2. The third kappa shape index (κ3) is 1.82. The Hall–Kier alpha value is -1.64. The largest absolute Gasteiger partial charge is 0.258 e. The van der Waals surface area contributed by atoms with Crippen LogP contribution >= 0.6 is 0 Å². The van der Waals surface area contributed by atoms with Gasteiger partial charge < -0.3 is 0 Å². The molecule has 3 heteroatoms. The molecule has 0 bridgehead atoms. The Morgan fingerprint density at radius 2 is 1.79 bits per heavy atom. The van der Waals surface area contributed by atoms with Gasteiger partial charge in [-0.15, -0.1) is 0 Å². The fourth-order valence-electron chi connectivity index (χ4n) is 1.22. The summed E-state index contributed by atoms with van der Waals surface area (Å²) >= 11 is 0. The van der Waals surface area contributed by atoms with Gasteiger partial charge in [0, 0.05) is 11.8 Å². The molecule has 0 aliphatic carbocycles. The van der Waals surface area contributed by atoms with Crippen LogP contribution in [0.3, 0.4) is 0 Å². The van der Waals surface area contributed by atoms with Crippen molar-refractivity contribution in [2.45, 2.75) is 6.32 Å². The van der Waals surface area contributed by atoms with E-state index in [2.05, 4.69) is 9.97 Å². The van der Waals surface area contributed by atoms with Crippen molar-refractivity contribution in [2.75, 3.05) is 0 Å². The Morgan fingerprint density at radius 3 is 2.36 bits per heavy atom. The highest BCUT2D eigenvalue weighted by Gasteiger charge is 1.97. The van der Waals surface area contributed by atoms with E-state index in [4.69, 9.17) is 7.85 Å². The molecule has 0 aliphatic rings. The summed E-state index contributed by atoms with van der Waals surface area (Å²) in [6.07, 6.45) is 3.89. The summed E-state index contributed by atoms with van der Waals surface area (Å²) in [5, 5.41) is 0. The van der Waals surface area contributed by atoms with Gasteiger partial charge >= 0.3 is 0 Å². The van der Waals surface area contributed by atoms with E-state index in [1.165, 1.54) is 0 Å². The zero-order valence-electron chi connectivity index (χ0n) is 7.72. The van der Waals surface area contributed by atoms with Crippen molar-refractivity contribution in [1.29, 1.82) is 0 Å². The molecule has 0 atom stereocenters. The van der Waals surface area contributed by atoms with Crippen LogP contribution in [0.2, 0.25) is 0 Å². The normalized spacial score (nSPS) is 10.0. The van der Waals surface area contributed by atoms with Gasteiger partial charge in [-0.05, 0) is 6.32 Å². The molecular weight excluding hydrogens is 171 g/mol. The number of benzene rings is 1. The van der Waals surface area contributed by atoms with Crippen LogP contribution in [0.15, 0.2) is 42.7 Å². The molecule has 0 N–H and O–H groups in total. The number of hydrogen-bond donors (Lipinski definition) is 0. The third-order valence-electron chi connectivity index (χ3n) is 1.98. The lowest BCUT2D eigenvalue weighted by atomic mass is 10.0. The molecule has 1 aromatic carbocycles. The van der Waals surface area contributed by atoms with Crippen molar-refractivity contribution in [3.05, 3.63) is 48.4 Å². The first kappa shape index (κ1) is 8.94. The lowest BCUT2D eigenvalue weighted by Crippen LogP contribution is -1.92. The minimum absolute atomic E-state index is 0.433. The molecule has 0 spiro atoms. The smallest absolute Gasteiger partial charge is 0.0885 e. The molecule has 0 saturated heterocycles. The van der Waals surface area contributed by atoms with Gasteiger partial charge in [0.05, 0.1) is 25.4 Å². The number of rotatable bonds is 2. The summed E-state index contributed by atoms with van der Waals surface area (Å²) in [6.45, 7) is 0. The van der Waals surface area contributed by atoms with Gasteiger partial charge in [-0.25, -0.2) is 0 Å². The third-order valence-corrected chi connectivity index (χ3v) is 1.98. The predicted molar refractivity (Wildman–Crippen MR) is 56.9 cm³/mol. The zero-order chi connectivity index (χ0) is 9.80. The van der Waals surface area contributed by atoms with E-state index in [9.17, 15) is 0 Å². The summed E-state index contributed by atoms with van der Waals surface area (Å²) < 4.78 is 0. The summed E-state index contributed by atoms with van der Waals surface area (Å²) in [4.78, 5) is 8.46. The molecule has 0 unspecified atom stereocenters. The van der Waals surface area contributed by atoms with Crippen molar-refractivity contribution >= 4 is 7.85 Å². The van der Waals surface area contributed by atoms with Crippen LogP contribution in [0.1, 0.15) is 5.69 Å². The Morgan fingerprint density at radius 1 is 1.00 bits per heavy atom. The van der Waals surface area contributed by atoms with Crippen LogP contribution in [0.25, 0.3) is 11.3 Å². The maximum atomic E-state index is 5.44. The van der Waals surface area contributed by atoms with Crippen LogP contribution in [0, 0.1) is 0 Å². The molecule has 1 aromatic heterocycles. The monoisotopic (exact) mass is 180 g/mol. The summed E-state index contributed by atoms with van der Waals surface area (Å²) in [6, 6.07) is 9.95. The highest BCUT2D eigenvalue weighted by molar-refractivity contribution is 6.08. The maximum absolute atomic E-state index is 5.44. The molecule has 14 heavy (non-hydrogen) atoms. The van der Waals surface area contributed by atoms with Crippen LogP contribution in [0.5, 0.6) is 0 Å². The molecule has 0 amide bonds. The Kier molecular flexibility index (Phi) is 2.59. The predicted octanol–water partition coefficient (Wildman–Crippen LogP) is 1.81. The number of nitrogens with zero attached hydrogens (tertiary/aromatic N) is 2. The van der Waals surface area contributed by atoms with E-state index < -0.39 is 0 Å². The highest BCUT2D eigenvalue weighted by Crippen LogP contribution is 2.14. The molecule has 2 rings (SSSR count). The van der Waals surface area contributed by atoms with Crippen molar-refractivity contribution < 1.29 is 0 Å². The molecule has 2 radical (unpaired) electrons. The van der Waals surface area contributed by atoms with E-state index in [-0.39, 0.29) is 0 Å². The average molecular weight is 180 g/mol. The lowest BCUT2D eigenvalue weighted by molar-refractivity contribution is 1.10. The highest BCUT2D eigenvalue weighted by atomic mass is 14.8. The van der Waals surface area contributed by atoms with E-state index in [1.807, 2.05) is 30.3 Å². The fourth-order valence-corrected chi connectivity index (χ4v) is 1.22. The molecule has 0 saturated carbocycles. The Bertz CT molecular complexity index is 397. The average Bonchev–Trinajstić information content (AvgIpc) is 2.30. The van der Waals surface area contributed by atoms with E-state index in [1.54, 1.807) is 12.4 Å². The topological polar surface area (TPSA) is 25.8 Å². The van der Waals surface area contributed by atoms with Crippen molar-refractivity contribution in [1.82, 2.24) is 9.97 Å². The van der Waals surface area contributed by atoms with Gasteiger partial charge in [-0.2, -0.15) is 0 Å². The van der Waals surface area contributed by atoms with Crippen molar-refractivity contribution in [3.8, 4) is 11.3 Å². The first-order valence-electron chi connectivity index (χ1n) is 4.46. The van der Waals surface area contributed by atoms with E-state index >= 15 is 0 Å². The summed E-state index contributed by atoms with van der Waals surface area (Å²) in [5.74, 6) is 0. The first-order chi connectivity index (χ1) is 6.90. The van der Waals surface area contributed by atoms with Crippen molar-refractivity contribution in [2.24, 2.45) is 0 Å². The van der Waals surface area contributed by atoms with Crippen LogP contribution in [-0.4, -0.2) is 17.8 Å². The van der Waals surface area contributed by atoms with E-state index in [0.29, 0.717) is 6.32 Å². The van der Waals surface area contributed by atoms with Gasteiger partial charge in [-0.3, -0.25) is 9.97 Å². The quantitative estimate of drug-likeness (QED) is 0.658. The second-order valence-corrected chi connectivity index (χ2v) is 2.96. The first-order valence-corrected chi connectivity index (χ1v) is 4.46. The van der Waals surface area contributed by atoms with Gasteiger partial charge in [0.1, 0.15) is 0 Å². The Balaban J connectivity index is 2.34. The Labute approximate surface area is 84.4 Å². The molecule has 0 aliphatic heterocycles. The van der Waals surface area contributed by atoms with Crippen molar-refractivity contribution in [3.63, 3.8) is 0 Å². The van der Waals surface area contributed by atoms with Crippen LogP contribution in [-0.2, 0) is 6.32 Å². The standard InChI is InChI=1S/C11H9BN2/c12-6-10-7-14-11(8-13-10)9-4-2-1-3-5-9/h1-5,7-8H,6H2. The molecule has 1 heterocycles. The molecule has 0 fully saturated rings. The van der Waals surface area contributed by atoms with Gasteiger partial charge in [0.15, 0.2) is 0 Å². The fraction of sp³-hybridized carbons (Fsp3) is 0.0909. The van der Waals surface area contributed by atoms with Crippen LogP contribution < -0.4 is 0 Å². The molecule has 66 valence electrons. The number of aromatic nitrogens is 2. The molecule has 2 aromatic rings. The SMILES string of the molecule is [B]Cc1cnc(-c2ccccc2)cn1. The maximum Gasteiger partial charge on any atom is 0.0885 e. The molecular formula is C11H9BN2.